The number of carbonyl (C=O) groups excluding carboxylic acids is 3. The van der Waals surface area contributed by atoms with Crippen molar-refractivity contribution in [2.75, 3.05) is 19.8 Å². The Kier molecular flexibility index (Phi) is 9.29. The lowest BCUT2D eigenvalue weighted by Crippen LogP contribution is -2.17. The summed E-state index contributed by atoms with van der Waals surface area (Å²) in [5.74, 6) is -2.89. The first-order valence-corrected chi connectivity index (χ1v) is 6.81. The Bertz CT molecular complexity index is 446. The van der Waals surface area contributed by atoms with E-state index >= 15 is 0 Å². The molecule has 8 nitrogen and oxygen atoms in total. The number of hydrogen-bond donors (Lipinski definition) is 1. The van der Waals surface area contributed by atoms with Gasteiger partial charge in [0.05, 0.1) is 19.8 Å². The van der Waals surface area contributed by atoms with Crippen molar-refractivity contribution in [3.05, 3.63) is 12.2 Å². The quantitative estimate of drug-likeness (QED) is 0.328. The van der Waals surface area contributed by atoms with Gasteiger partial charge in [-0.3, -0.25) is 14.4 Å². The van der Waals surface area contributed by atoms with E-state index in [9.17, 15) is 19.2 Å². The van der Waals surface area contributed by atoms with Crippen LogP contribution in [0.25, 0.3) is 0 Å². The first-order chi connectivity index (χ1) is 10.4. The molecule has 0 radical (unpaired) electrons. The predicted molar refractivity (Wildman–Crippen MR) is 78.3 cm³/mol. The van der Waals surface area contributed by atoms with Crippen molar-refractivity contribution in [3.8, 4) is 0 Å². The summed E-state index contributed by atoms with van der Waals surface area (Å²) in [7, 11) is 0. The van der Waals surface area contributed by atoms with Gasteiger partial charge in [0.15, 0.2) is 5.92 Å². The van der Waals surface area contributed by atoms with Crippen LogP contribution in [0.4, 0.5) is 0 Å². The van der Waals surface area contributed by atoms with Gasteiger partial charge in [0.1, 0.15) is 0 Å². The molecular weight excluding hydrogens is 308 g/mol. The monoisotopic (exact) mass is 330 g/mol. The van der Waals surface area contributed by atoms with Crippen LogP contribution >= 0.6 is 0 Å². The first-order valence-electron chi connectivity index (χ1n) is 6.81. The van der Waals surface area contributed by atoms with Crippen molar-refractivity contribution in [1.29, 1.82) is 0 Å². The number of carboxylic acids is 1. The van der Waals surface area contributed by atoms with Gasteiger partial charge >= 0.3 is 23.9 Å². The summed E-state index contributed by atoms with van der Waals surface area (Å²) in [5.41, 5.74) is 0.597. The highest BCUT2D eigenvalue weighted by molar-refractivity contribution is 5.94. The van der Waals surface area contributed by atoms with E-state index in [0.29, 0.717) is 38.0 Å². The molecule has 3 aliphatic rings. The van der Waals surface area contributed by atoms with Crippen LogP contribution in [0.3, 0.4) is 0 Å². The average molecular weight is 330 g/mol. The third kappa shape index (κ3) is 7.44. The van der Waals surface area contributed by atoms with Gasteiger partial charge < -0.3 is 19.3 Å². The fraction of sp³-hybridized carbons (Fsp3) is 0.600. The summed E-state index contributed by atoms with van der Waals surface area (Å²) in [6.07, 6.45) is 2.56. The molecule has 8 heteroatoms. The molecule has 3 rings (SSSR count). The number of rotatable bonds is 1. The Morgan fingerprint density at radius 3 is 1.91 bits per heavy atom. The minimum atomic E-state index is -1.09. The molecular formula is C15H22O8. The molecule has 1 unspecified atom stereocenters. The van der Waals surface area contributed by atoms with Crippen molar-refractivity contribution in [2.45, 2.75) is 33.1 Å². The normalized spacial score (nSPS) is 21.7. The zero-order chi connectivity index (χ0) is 16.5. The average Bonchev–Trinajstić information content (AvgIpc) is 3.17. The third-order valence-corrected chi connectivity index (χ3v) is 2.95. The highest BCUT2D eigenvalue weighted by atomic mass is 16.5. The Hall–Kier alpha value is -2.38. The van der Waals surface area contributed by atoms with Crippen molar-refractivity contribution in [3.63, 3.8) is 0 Å². The van der Waals surface area contributed by atoms with E-state index in [0.717, 1.165) is 6.42 Å². The third-order valence-electron chi connectivity index (χ3n) is 2.95. The molecule has 3 saturated heterocycles. The van der Waals surface area contributed by atoms with E-state index in [2.05, 4.69) is 20.8 Å². The van der Waals surface area contributed by atoms with Crippen LogP contribution in [-0.4, -0.2) is 48.8 Å². The van der Waals surface area contributed by atoms with Crippen molar-refractivity contribution < 1.29 is 38.5 Å². The number of carbonyl (C=O) groups is 4. The van der Waals surface area contributed by atoms with Crippen molar-refractivity contribution in [2.24, 2.45) is 5.92 Å². The Morgan fingerprint density at radius 2 is 1.74 bits per heavy atom. The van der Waals surface area contributed by atoms with Gasteiger partial charge in [-0.1, -0.05) is 14.0 Å². The van der Waals surface area contributed by atoms with E-state index in [-0.39, 0.29) is 26.0 Å². The summed E-state index contributed by atoms with van der Waals surface area (Å²) < 4.78 is 13.4. The summed E-state index contributed by atoms with van der Waals surface area (Å²) in [5, 5.41) is 8.28. The van der Waals surface area contributed by atoms with Gasteiger partial charge in [0.2, 0.25) is 0 Å². The number of carboxylic acid groups (broad SMARTS) is 1. The highest BCUT2D eigenvalue weighted by Gasteiger charge is 2.32. The van der Waals surface area contributed by atoms with Crippen LogP contribution in [0.2, 0.25) is 0 Å². The van der Waals surface area contributed by atoms with E-state index < -0.39 is 17.9 Å². The van der Waals surface area contributed by atoms with E-state index in [1.807, 2.05) is 0 Å². The van der Waals surface area contributed by atoms with Gasteiger partial charge in [-0.15, -0.1) is 0 Å². The fourth-order valence-corrected chi connectivity index (χ4v) is 1.67. The Labute approximate surface area is 134 Å². The molecule has 0 spiro atoms. The standard InChI is InChI=1S/C5H6O4.C5H6O2.C4H6O2.CH4/c6-4(7)3-1-2-9-5(3)8;1-4-2-3-7-5(4)6;5-4-2-1-3-6-4;/h3H,1-2H2,(H,6,7);1-3H2;1-3H2;1H4. The summed E-state index contributed by atoms with van der Waals surface area (Å²) >= 11 is 0. The second-order valence-electron chi connectivity index (χ2n) is 4.66. The minimum Gasteiger partial charge on any atom is -0.481 e. The number of esters is 3. The zero-order valence-electron chi connectivity index (χ0n) is 12.0. The molecule has 0 bridgehead atoms. The number of ether oxygens (including phenoxy) is 3. The van der Waals surface area contributed by atoms with Crippen LogP contribution < -0.4 is 0 Å². The van der Waals surface area contributed by atoms with E-state index in [1.54, 1.807) is 0 Å². The highest BCUT2D eigenvalue weighted by Crippen LogP contribution is 2.13. The second kappa shape index (κ2) is 10.4. The molecule has 3 fully saturated rings. The van der Waals surface area contributed by atoms with Gasteiger partial charge in [-0.05, 0) is 6.42 Å². The predicted octanol–water partition coefficient (Wildman–Crippen LogP) is 1.08. The molecule has 1 atom stereocenters. The van der Waals surface area contributed by atoms with Gasteiger partial charge in [-0.2, -0.15) is 0 Å². The molecule has 23 heavy (non-hydrogen) atoms. The number of cyclic esters (lactones) is 3. The SMILES string of the molecule is C.C=C1CCOC1=O.O=C(O)C1CCOC1=O.O=C1CCCO1. The second-order valence-corrected chi connectivity index (χ2v) is 4.66. The Morgan fingerprint density at radius 1 is 1.04 bits per heavy atom. The molecule has 130 valence electrons. The number of aliphatic carboxylic acids is 1. The molecule has 3 heterocycles. The van der Waals surface area contributed by atoms with Gasteiger partial charge in [0.25, 0.3) is 0 Å². The van der Waals surface area contributed by atoms with Crippen LogP contribution in [-0.2, 0) is 33.4 Å². The smallest absolute Gasteiger partial charge is 0.333 e. The van der Waals surface area contributed by atoms with Crippen LogP contribution in [0, 0.1) is 5.92 Å². The van der Waals surface area contributed by atoms with Crippen molar-refractivity contribution >= 4 is 23.9 Å². The lowest BCUT2D eigenvalue weighted by Gasteiger charge is -1.93. The first kappa shape index (κ1) is 20.6. The molecule has 0 saturated carbocycles. The number of hydrogen-bond acceptors (Lipinski definition) is 7. The summed E-state index contributed by atoms with van der Waals surface area (Å²) in [4.78, 5) is 40.8. The molecule has 0 aromatic carbocycles. The van der Waals surface area contributed by atoms with Crippen LogP contribution in [0.5, 0.6) is 0 Å². The molecule has 0 aliphatic carbocycles. The Balaban J connectivity index is 0.000000315. The topological polar surface area (TPSA) is 116 Å². The van der Waals surface area contributed by atoms with Gasteiger partial charge in [-0.25, -0.2) is 4.79 Å². The van der Waals surface area contributed by atoms with Gasteiger partial charge in [0, 0.05) is 24.8 Å². The van der Waals surface area contributed by atoms with Crippen LogP contribution in [0.15, 0.2) is 12.2 Å². The van der Waals surface area contributed by atoms with Crippen molar-refractivity contribution in [1.82, 2.24) is 0 Å². The lowest BCUT2D eigenvalue weighted by atomic mass is 10.1. The molecule has 0 aromatic heterocycles. The minimum absolute atomic E-state index is 0. The maximum atomic E-state index is 10.4. The molecule has 3 aliphatic heterocycles. The van der Waals surface area contributed by atoms with Crippen LogP contribution in [0.1, 0.15) is 33.1 Å². The van der Waals surface area contributed by atoms with E-state index in [4.69, 9.17) is 5.11 Å². The van der Waals surface area contributed by atoms with E-state index in [1.165, 1.54) is 0 Å². The summed E-state index contributed by atoms with van der Waals surface area (Å²) in [6.45, 7) is 4.87. The summed E-state index contributed by atoms with van der Waals surface area (Å²) in [6, 6.07) is 0. The molecule has 0 amide bonds. The maximum Gasteiger partial charge on any atom is 0.333 e. The zero-order valence-corrected chi connectivity index (χ0v) is 12.0. The fourth-order valence-electron chi connectivity index (χ4n) is 1.67. The lowest BCUT2D eigenvalue weighted by molar-refractivity contribution is -0.151. The molecule has 1 N–H and O–H groups in total. The molecule has 0 aromatic rings. The maximum absolute atomic E-state index is 10.4. The largest absolute Gasteiger partial charge is 0.481 e.